The summed E-state index contributed by atoms with van der Waals surface area (Å²) in [5.74, 6) is -1.79. The molecule has 0 aliphatic carbocycles. The summed E-state index contributed by atoms with van der Waals surface area (Å²) in [5.41, 5.74) is 0.0000860. The minimum atomic E-state index is -3.69. The third-order valence-electron chi connectivity index (χ3n) is 3.12. The van der Waals surface area contributed by atoms with Gasteiger partial charge in [0.25, 0.3) is 5.91 Å². The van der Waals surface area contributed by atoms with Crippen molar-refractivity contribution in [3.8, 4) is 0 Å². The molecular formula is C15H21N3O6S. The van der Waals surface area contributed by atoms with E-state index in [-0.39, 0.29) is 22.9 Å². The summed E-state index contributed by atoms with van der Waals surface area (Å²) in [5, 5.41) is 2.31. The van der Waals surface area contributed by atoms with E-state index < -0.39 is 28.5 Å². The largest absolute Gasteiger partial charge is 0.452 e. The number of hydrogen-bond acceptors (Lipinski definition) is 6. The fourth-order valence-electron chi connectivity index (χ4n) is 1.59. The first-order valence-electron chi connectivity index (χ1n) is 7.22. The summed E-state index contributed by atoms with van der Waals surface area (Å²) < 4.78 is 29.9. The van der Waals surface area contributed by atoms with E-state index in [0.717, 1.165) is 4.31 Å². The van der Waals surface area contributed by atoms with Crippen molar-refractivity contribution < 1.29 is 27.5 Å². The second-order valence-corrected chi connectivity index (χ2v) is 7.61. The van der Waals surface area contributed by atoms with E-state index in [4.69, 9.17) is 4.74 Å². The maximum atomic E-state index is 12.1. The number of likely N-dealkylation sites (N-methyl/N-ethyl adjacent to an activating group) is 1. The SMILES string of the molecule is CN(C)C(=O)CNC(=O)COC(=O)c1cccc(S(=O)(=O)N(C)C)c1. The predicted molar refractivity (Wildman–Crippen MR) is 89.3 cm³/mol. The monoisotopic (exact) mass is 371 g/mol. The van der Waals surface area contributed by atoms with Crippen LogP contribution in [0.3, 0.4) is 0 Å². The summed E-state index contributed by atoms with van der Waals surface area (Å²) in [6, 6.07) is 5.31. The topological polar surface area (TPSA) is 113 Å². The minimum Gasteiger partial charge on any atom is -0.452 e. The molecule has 0 saturated carbocycles. The van der Waals surface area contributed by atoms with Crippen LogP contribution >= 0.6 is 0 Å². The first kappa shape index (κ1) is 20.6. The highest BCUT2D eigenvalue weighted by Gasteiger charge is 2.19. The van der Waals surface area contributed by atoms with Gasteiger partial charge in [0.15, 0.2) is 6.61 Å². The molecule has 0 spiro atoms. The average molecular weight is 371 g/mol. The quantitative estimate of drug-likeness (QED) is 0.634. The maximum Gasteiger partial charge on any atom is 0.338 e. The second-order valence-electron chi connectivity index (χ2n) is 5.46. The number of nitrogens with zero attached hydrogens (tertiary/aromatic N) is 2. The lowest BCUT2D eigenvalue weighted by Gasteiger charge is -2.12. The Labute approximate surface area is 146 Å². The van der Waals surface area contributed by atoms with Crippen LogP contribution in [-0.4, -0.2) is 76.7 Å². The number of carbonyl (C=O) groups is 3. The predicted octanol–water partition coefficient (Wildman–Crippen LogP) is -0.702. The Bertz CT molecular complexity index is 758. The zero-order chi connectivity index (χ0) is 19.2. The van der Waals surface area contributed by atoms with Gasteiger partial charge in [0.2, 0.25) is 15.9 Å². The van der Waals surface area contributed by atoms with Gasteiger partial charge in [-0.3, -0.25) is 9.59 Å². The number of hydrogen-bond donors (Lipinski definition) is 1. The van der Waals surface area contributed by atoms with Crippen molar-refractivity contribution in [1.82, 2.24) is 14.5 Å². The van der Waals surface area contributed by atoms with E-state index in [1.807, 2.05) is 0 Å². The van der Waals surface area contributed by atoms with Crippen LogP contribution in [-0.2, 0) is 24.3 Å². The van der Waals surface area contributed by atoms with Gasteiger partial charge in [-0.15, -0.1) is 0 Å². The van der Waals surface area contributed by atoms with Crippen LogP contribution in [0.4, 0.5) is 0 Å². The normalized spacial score (nSPS) is 11.1. The van der Waals surface area contributed by atoms with Crippen LogP contribution in [0.25, 0.3) is 0 Å². The van der Waals surface area contributed by atoms with Crippen LogP contribution in [0.1, 0.15) is 10.4 Å². The zero-order valence-electron chi connectivity index (χ0n) is 14.5. The number of carbonyl (C=O) groups excluding carboxylic acids is 3. The van der Waals surface area contributed by atoms with Gasteiger partial charge in [-0.05, 0) is 18.2 Å². The highest BCUT2D eigenvalue weighted by molar-refractivity contribution is 7.89. The first-order chi connectivity index (χ1) is 11.6. The first-order valence-corrected chi connectivity index (χ1v) is 8.66. The number of amides is 2. The number of ether oxygens (including phenoxy) is 1. The van der Waals surface area contributed by atoms with Gasteiger partial charge >= 0.3 is 5.97 Å². The Balaban J connectivity index is 2.67. The molecule has 0 aliphatic rings. The molecule has 0 saturated heterocycles. The molecule has 1 aromatic rings. The average Bonchev–Trinajstić information content (AvgIpc) is 2.57. The van der Waals surface area contributed by atoms with Crippen LogP contribution < -0.4 is 5.32 Å². The molecule has 25 heavy (non-hydrogen) atoms. The molecule has 0 atom stereocenters. The Morgan fingerprint density at radius 1 is 1.12 bits per heavy atom. The molecule has 138 valence electrons. The number of benzene rings is 1. The van der Waals surface area contributed by atoms with E-state index in [1.54, 1.807) is 14.1 Å². The number of sulfonamides is 1. The summed E-state index contributed by atoms with van der Waals surface area (Å²) in [6.45, 7) is -0.788. The van der Waals surface area contributed by atoms with Gasteiger partial charge in [-0.1, -0.05) is 6.07 Å². The molecule has 0 heterocycles. The Morgan fingerprint density at radius 2 is 1.76 bits per heavy atom. The van der Waals surface area contributed by atoms with Crippen LogP contribution in [0.5, 0.6) is 0 Å². The molecule has 0 radical (unpaired) electrons. The molecule has 2 amide bonds. The lowest BCUT2D eigenvalue weighted by Crippen LogP contribution is -2.38. The summed E-state index contributed by atoms with van der Waals surface area (Å²) >= 11 is 0. The van der Waals surface area contributed by atoms with Gasteiger partial charge in [-0.25, -0.2) is 17.5 Å². The molecule has 10 heteroatoms. The molecule has 0 unspecified atom stereocenters. The van der Waals surface area contributed by atoms with Crippen molar-refractivity contribution in [2.45, 2.75) is 4.90 Å². The number of rotatable bonds is 7. The Kier molecular flexibility index (Phi) is 7.07. The lowest BCUT2D eigenvalue weighted by molar-refractivity contribution is -0.131. The molecule has 9 nitrogen and oxygen atoms in total. The van der Waals surface area contributed by atoms with Crippen molar-refractivity contribution in [1.29, 1.82) is 0 Å². The van der Waals surface area contributed by atoms with E-state index in [9.17, 15) is 22.8 Å². The molecular weight excluding hydrogens is 350 g/mol. The maximum absolute atomic E-state index is 12.1. The van der Waals surface area contributed by atoms with Gasteiger partial charge < -0.3 is 15.0 Å². The lowest BCUT2D eigenvalue weighted by atomic mass is 10.2. The molecule has 0 fully saturated rings. The highest BCUT2D eigenvalue weighted by atomic mass is 32.2. The number of esters is 1. The summed E-state index contributed by atoms with van der Waals surface area (Å²) in [4.78, 5) is 36.1. The van der Waals surface area contributed by atoms with E-state index in [2.05, 4.69) is 5.32 Å². The Morgan fingerprint density at radius 3 is 2.32 bits per heavy atom. The molecule has 0 aromatic heterocycles. The molecule has 1 N–H and O–H groups in total. The minimum absolute atomic E-state index is 0.0000860. The standard InChI is InChI=1S/C15H21N3O6S/c1-17(2)14(20)9-16-13(19)10-24-15(21)11-6-5-7-12(8-11)25(22,23)18(3)4/h5-8H,9-10H2,1-4H3,(H,16,19). The van der Waals surface area contributed by atoms with E-state index in [0.29, 0.717) is 0 Å². The Hall–Kier alpha value is -2.46. The van der Waals surface area contributed by atoms with Crippen LogP contribution in [0, 0.1) is 0 Å². The fraction of sp³-hybridized carbons (Fsp3) is 0.400. The molecule has 1 aromatic carbocycles. The van der Waals surface area contributed by atoms with Gasteiger partial charge in [-0.2, -0.15) is 0 Å². The van der Waals surface area contributed by atoms with E-state index >= 15 is 0 Å². The van der Waals surface area contributed by atoms with Crippen LogP contribution in [0.2, 0.25) is 0 Å². The van der Waals surface area contributed by atoms with E-state index in [1.165, 1.54) is 43.3 Å². The third-order valence-corrected chi connectivity index (χ3v) is 4.93. The van der Waals surface area contributed by atoms with Gasteiger partial charge in [0.05, 0.1) is 17.0 Å². The third kappa shape index (κ3) is 5.84. The molecule has 0 aliphatic heterocycles. The van der Waals surface area contributed by atoms with Crippen molar-refractivity contribution >= 4 is 27.8 Å². The van der Waals surface area contributed by atoms with Crippen LogP contribution in [0.15, 0.2) is 29.2 Å². The van der Waals surface area contributed by atoms with Gasteiger partial charge in [0.1, 0.15) is 0 Å². The van der Waals surface area contributed by atoms with Crippen molar-refractivity contribution in [3.05, 3.63) is 29.8 Å². The summed E-state index contributed by atoms with van der Waals surface area (Å²) in [7, 11) is 2.15. The molecule has 0 bridgehead atoms. The van der Waals surface area contributed by atoms with Crippen molar-refractivity contribution in [2.75, 3.05) is 41.3 Å². The highest BCUT2D eigenvalue weighted by Crippen LogP contribution is 2.15. The smallest absolute Gasteiger partial charge is 0.338 e. The van der Waals surface area contributed by atoms with Gasteiger partial charge in [0, 0.05) is 28.2 Å². The molecule has 1 rings (SSSR count). The van der Waals surface area contributed by atoms with Crippen molar-refractivity contribution in [2.24, 2.45) is 0 Å². The number of nitrogens with one attached hydrogen (secondary N) is 1. The fourth-order valence-corrected chi connectivity index (χ4v) is 2.54. The van der Waals surface area contributed by atoms with Crippen molar-refractivity contribution in [3.63, 3.8) is 0 Å². The second kappa shape index (κ2) is 8.58. The summed E-state index contributed by atoms with van der Waals surface area (Å²) in [6.07, 6.45) is 0. The zero-order valence-corrected chi connectivity index (χ0v) is 15.3.